The normalized spacial score (nSPS) is 15.3. The second-order valence-corrected chi connectivity index (χ2v) is 8.66. The average Bonchev–Trinajstić information content (AvgIpc) is 2.77. The number of nitrogens with two attached hydrogens (primary N) is 2. The van der Waals surface area contributed by atoms with Gasteiger partial charge in [0.2, 0.25) is 23.6 Å². The van der Waals surface area contributed by atoms with E-state index < -0.39 is 65.8 Å². The second-order valence-electron chi connectivity index (χ2n) is 8.66. The van der Waals surface area contributed by atoms with Gasteiger partial charge in [-0.2, -0.15) is 0 Å². The van der Waals surface area contributed by atoms with Crippen molar-refractivity contribution < 1.29 is 34.2 Å². The highest BCUT2D eigenvalue weighted by molar-refractivity contribution is 5.94. The molecule has 0 aromatic heterocycles. The van der Waals surface area contributed by atoms with Crippen LogP contribution < -0.4 is 27.4 Å². The summed E-state index contributed by atoms with van der Waals surface area (Å²) in [5, 5.41) is 26.5. The summed E-state index contributed by atoms with van der Waals surface area (Å²) in [6.07, 6.45) is -1.59. The fraction of sp³-hybridized carbons (Fsp3) is 0.522. The van der Waals surface area contributed by atoms with Gasteiger partial charge < -0.3 is 37.6 Å². The van der Waals surface area contributed by atoms with Gasteiger partial charge in [0, 0.05) is 6.42 Å². The molecule has 0 saturated heterocycles. The maximum atomic E-state index is 12.9. The van der Waals surface area contributed by atoms with Gasteiger partial charge in [0.05, 0.1) is 12.1 Å². The number of carbonyl (C=O) groups is 5. The zero-order chi connectivity index (χ0) is 26.7. The Balaban J connectivity index is 2.87. The molecule has 1 aromatic rings. The number of hydrogen-bond donors (Lipinski definition) is 7. The van der Waals surface area contributed by atoms with Crippen molar-refractivity contribution in [2.75, 3.05) is 0 Å². The molecule has 0 heterocycles. The minimum atomic E-state index is -1.41. The summed E-state index contributed by atoms with van der Waals surface area (Å²) in [7, 11) is 0. The average molecular weight is 494 g/mol. The van der Waals surface area contributed by atoms with Crippen molar-refractivity contribution in [2.24, 2.45) is 17.4 Å². The molecule has 0 aliphatic carbocycles. The first-order valence-corrected chi connectivity index (χ1v) is 11.2. The molecule has 4 amide bonds. The van der Waals surface area contributed by atoms with Gasteiger partial charge in [0.1, 0.15) is 18.1 Å². The largest absolute Gasteiger partial charge is 0.480 e. The molecule has 0 fully saturated rings. The fourth-order valence-electron chi connectivity index (χ4n) is 3.21. The van der Waals surface area contributed by atoms with Crippen molar-refractivity contribution in [1.29, 1.82) is 0 Å². The van der Waals surface area contributed by atoms with E-state index in [9.17, 15) is 34.2 Å². The number of carboxylic acids is 1. The zero-order valence-corrected chi connectivity index (χ0v) is 20.1. The highest BCUT2D eigenvalue weighted by Gasteiger charge is 2.33. The summed E-state index contributed by atoms with van der Waals surface area (Å²) in [5.41, 5.74) is 11.8. The van der Waals surface area contributed by atoms with E-state index in [0.29, 0.717) is 0 Å². The highest BCUT2D eigenvalue weighted by Crippen LogP contribution is 2.07. The second kappa shape index (κ2) is 14.0. The Morgan fingerprint density at radius 3 is 1.91 bits per heavy atom. The molecular formula is C23H35N5O7. The molecule has 5 atom stereocenters. The van der Waals surface area contributed by atoms with Crippen molar-refractivity contribution in [2.45, 2.75) is 70.3 Å². The Bertz CT molecular complexity index is 892. The minimum absolute atomic E-state index is 0.208. The third-order valence-corrected chi connectivity index (χ3v) is 5.24. The fourth-order valence-corrected chi connectivity index (χ4v) is 3.21. The Morgan fingerprint density at radius 1 is 0.886 bits per heavy atom. The van der Waals surface area contributed by atoms with Crippen LogP contribution in [0.4, 0.5) is 0 Å². The van der Waals surface area contributed by atoms with Crippen LogP contribution in [0.15, 0.2) is 30.3 Å². The summed E-state index contributed by atoms with van der Waals surface area (Å²) in [6.45, 7) is 4.53. The Labute approximate surface area is 203 Å². The van der Waals surface area contributed by atoms with E-state index in [0.717, 1.165) is 5.56 Å². The molecule has 1 aromatic carbocycles. The van der Waals surface area contributed by atoms with Gasteiger partial charge in [-0.3, -0.25) is 19.2 Å². The molecule has 194 valence electrons. The van der Waals surface area contributed by atoms with Gasteiger partial charge in [0.25, 0.3) is 0 Å². The lowest BCUT2D eigenvalue weighted by atomic mass is 10.0. The van der Waals surface area contributed by atoms with Gasteiger partial charge in [0.15, 0.2) is 0 Å². The van der Waals surface area contributed by atoms with E-state index in [-0.39, 0.29) is 19.3 Å². The predicted octanol–water partition coefficient (Wildman–Crippen LogP) is -1.60. The molecule has 35 heavy (non-hydrogen) atoms. The van der Waals surface area contributed by atoms with Crippen molar-refractivity contribution in [3.8, 4) is 0 Å². The monoisotopic (exact) mass is 493 g/mol. The number of benzene rings is 1. The molecule has 0 radical (unpaired) electrons. The maximum Gasteiger partial charge on any atom is 0.326 e. The van der Waals surface area contributed by atoms with Crippen LogP contribution in [0.5, 0.6) is 0 Å². The van der Waals surface area contributed by atoms with Crippen LogP contribution in [0.3, 0.4) is 0 Å². The van der Waals surface area contributed by atoms with Crippen LogP contribution in [0, 0.1) is 5.92 Å². The maximum absolute atomic E-state index is 12.9. The third kappa shape index (κ3) is 10.1. The molecule has 1 rings (SSSR count). The molecule has 12 heteroatoms. The summed E-state index contributed by atoms with van der Waals surface area (Å²) >= 11 is 0. The number of carbonyl (C=O) groups excluding carboxylic acids is 4. The summed E-state index contributed by atoms with van der Waals surface area (Å²) in [6, 6.07) is 4.03. The van der Waals surface area contributed by atoms with Crippen LogP contribution in [-0.4, -0.2) is 70.1 Å². The number of aliphatic hydroxyl groups is 1. The first-order valence-electron chi connectivity index (χ1n) is 11.2. The molecule has 9 N–H and O–H groups in total. The standard InChI is InChI=1S/C23H35N5O7/c1-12(2)18(21(32)26-16(23(34)35)9-10-17(25)30)27-22(33)19(13(3)29)28-20(31)15(24)11-14-7-5-4-6-8-14/h4-8,12-13,15-16,18-19,29H,9-11,24H2,1-3H3,(H2,25,30)(H,26,32)(H,27,33)(H,28,31)(H,34,35). The first-order chi connectivity index (χ1) is 16.3. The predicted molar refractivity (Wildman–Crippen MR) is 126 cm³/mol. The lowest BCUT2D eigenvalue weighted by molar-refractivity contribution is -0.143. The van der Waals surface area contributed by atoms with Gasteiger partial charge in [-0.15, -0.1) is 0 Å². The van der Waals surface area contributed by atoms with E-state index in [1.807, 2.05) is 6.07 Å². The van der Waals surface area contributed by atoms with Crippen molar-refractivity contribution in [1.82, 2.24) is 16.0 Å². The number of carboxylic acid groups (broad SMARTS) is 1. The lowest BCUT2D eigenvalue weighted by Gasteiger charge is -2.28. The number of primary amides is 1. The van der Waals surface area contributed by atoms with E-state index in [2.05, 4.69) is 16.0 Å². The Morgan fingerprint density at radius 2 is 1.43 bits per heavy atom. The molecule has 0 aliphatic rings. The smallest absolute Gasteiger partial charge is 0.326 e. The molecule has 0 spiro atoms. The number of amides is 4. The zero-order valence-electron chi connectivity index (χ0n) is 20.1. The van der Waals surface area contributed by atoms with E-state index in [1.165, 1.54) is 6.92 Å². The van der Waals surface area contributed by atoms with Gasteiger partial charge in [-0.25, -0.2) is 4.79 Å². The molecule has 0 saturated carbocycles. The highest BCUT2D eigenvalue weighted by atomic mass is 16.4. The number of rotatable bonds is 14. The van der Waals surface area contributed by atoms with Crippen molar-refractivity contribution in [3.63, 3.8) is 0 Å². The summed E-state index contributed by atoms with van der Waals surface area (Å²) in [4.78, 5) is 60.6. The van der Waals surface area contributed by atoms with Crippen LogP contribution in [0.2, 0.25) is 0 Å². The van der Waals surface area contributed by atoms with Gasteiger partial charge in [-0.05, 0) is 31.2 Å². The van der Waals surface area contributed by atoms with Crippen molar-refractivity contribution >= 4 is 29.6 Å². The number of hydrogen-bond acceptors (Lipinski definition) is 7. The molecule has 12 nitrogen and oxygen atoms in total. The quantitative estimate of drug-likeness (QED) is 0.160. The van der Waals surface area contributed by atoms with Crippen molar-refractivity contribution in [3.05, 3.63) is 35.9 Å². The molecule has 5 unspecified atom stereocenters. The SMILES string of the molecule is CC(C)C(NC(=O)C(NC(=O)C(N)Cc1ccccc1)C(C)O)C(=O)NC(CCC(N)=O)C(=O)O. The molecular weight excluding hydrogens is 458 g/mol. The molecule has 0 aliphatic heterocycles. The summed E-state index contributed by atoms with van der Waals surface area (Å²) in [5.74, 6) is -4.89. The number of aliphatic hydroxyl groups excluding tert-OH is 1. The lowest BCUT2D eigenvalue weighted by Crippen LogP contribution is -2.60. The third-order valence-electron chi connectivity index (χ3n) is 5.24. The van der Waals surface area contributed by atoms with Gasteiger partial charge >= 0.3 is 5.97 Å². The van der Waals surface area contributed by atoms with Crippen LogP contribution in [0.25, 0.3) is 0 Å². The first kappa shape index (κ1) is 29.5. The van der Waals surface area contributed by atoms with E-state index in [1.54, 1.807) is 38.1 Å². The Hall–Kier alpha value is -3.51. The number of aliphatic carboxylic acids is 1. The number of nitrogens with one attached hydrogen (secondary N) is 3. The van der Waals surface area contributed by atoms with Crippen LogP contribution in [-0.2, 0) is 30.4 Å². The topological polar surface area (TPSA) is 214 Å². The minimum Gasteiger partial charge on any atom is -0.480 e. The van der Waals surface area contributed by atoms with Crippen LogP contribution in [0.1, 0.15) is 39.2 Å². The van der Waals surface area contributed by atoms with Gasteiger partial charge in [-0.1, -0.05) is 44.2 Å². The van der Waals surface area contributed by atoms with E-state index >= 15 is 0 Å². The van der Waals surface area contributed by atoms with Crippen LogP contribution >= 0.6 is 0 Å². The Kier molecular flexibility index (Phi) is 11.8. The molecule has 0 bridgehead atoms. The van der Waals surface area contributed by atoms with E-state index in [4.69, 9.17) is 11.5 Å². The summed E-state index contributed by atoms with van der Waals surface area (Å²) < 4.78 is 0.